The molecule has 0 saturated carbocycles. The number of nitrogens with one attached hydrogen (secondary N) is 2. The van der Waals surface area contributed by atoms with E-state index in [1.807, 2.05) is 0 Å². The Morgan fingerprint density at radius 3 is 2.31 bits per heavy atom. The summed E-state index contributed by atoms with van der Waals surface area (Å²) in [4.78, 5) is 53.0. The van der Waals surface area contributed by atoms with Gasteiger partial charge in [-0.2, -0.15) is 0 Å². The van der Waals surface area contributed by atoms with Crippen molar-refractivity contribution >= 4 is 23.9 Å². The lowest BCUT2D eigenvalue weighted by Crippen LogP contribution is -2.52. The number of carbonyl (C=O) groups is 4. The molecule has 0 fully saturated rings. The third kappa shape index (κ3) is 12.4. The molecule has 0 aliphatic carbocycles. The average Bonchev–Trinajstić information content (AvgIpc) is 2.83. The molecule has 0 aliphatic rings. The van der Waals surface area contributed by atoms with Crippen LogP contribution in [0.15, 0.2) is 18.2 Å². The highest BCUT2D eigenvalue weighted by molar-refractivity contribution is 5.92. The summed E-state index contributed by atoms with van der Waals surface area (Å²) >= 11 is 0. The number of aryl methyl sites for hydroxylation is 1. The summed E-state index contributed by atoms with van der Waals surface area (Å²) in [5.41, 5.74) is 0.314. The monoisotopic (exact) mass is 549 g/mol. The number of hydrogen-bond acceptors (Lipinski definition) is 7. The first kappa shape index (κ1) is 33.7. The minimum Gasteiger partial charge on any atom is -0.508 e. The summed E-state index contributed by atoms with van der Waals surface area (Å²) in [6.07, 6.45) is 3.92. The van der Waals surface area contributed by atoms with Crippen LogP contribution in [0.2, 0.25) is 0 Å². The fourth-order valence-corrected chi connectivity index (χ4v) is 3.99. The quantitative estimate of drug-likeness (QED) is 0.216. The number of phenols is 1. The Bertz CT molecular complexity index is 959. The summed E-state index contributed by atoms with van der Waals surface area (Å²) < 4.78 is 10.2. The van der Waals surface area contributed by atoms with Crippen LogP contribution in [-0.2, 0) is 23.9 Å². The van der Waals surface area contributed by atoms with Gasteiger partial charge in [0.1, 0.15) is 23.4 Å². The minimum absolute atomic E-state index is 0.0114. The molecule has 220 valence electrons. The third-order valence-corrected chi connectivity index (χ3v) is 5.92. The number of rotatable bonds is 15. The van der Waals surface area contributed by atoms with Crippen LogP contribution in [0.25, 0.3) is 0 Å². The molecule has 1 aromatic rings. The Labute approximate surface area is 232 Å². The topological polar surface area (TPSA) is 134 Å². The smallest absolute Gasteiger partial charge is 0.408 e. The van der Waals surface area contributed by atoms with Gasteiger partial charge in [-0.05, 0) is 71.2 Å². The molecular weight excluding hydrogens is 502 g/mol. The van der Waals surface area contributed by atoms with Crippen molar-refractivity contribution in [2.45, 2.75) is 105 Å². The second-order valence-electron chi connectivity index (χ2n) is 10.6. The van der Waals surface area contributed by atoms with Crippen molar-refractivity contribution in [1.29, 1.82) is 0 Å². The van der Waals surface area contributed by atoms with Gasteiger partial charge in [-0.1, -0.05) is 38.7 Å². The fourth-order valence-electron chi connectivity index (χ4n) is 3.99. The van der Waals surface area contributed by atoms with Crippen LogP contribution in [0.3, 0.4) is 0 Å². The summed E-state index contributed by atoms with van der Waals surface area (Å²) in [5.74, 6) is -1.30. The molecule has 10 nitrogen and oxygen atoms in total. The molecule has 1 rings (SSSR count). The zero-order chi connectivity index (χ0) is 29.6. The normalized spacial score (nSPS) is 12.7. The first-order chi connectivity index (χ1) is 18.3. The maximum atomic E-state index is 13.8. The maximum Gasteiger partial charge on any atom is 0.408 e. The number of benzene rings is 1. The molecule has 1 aromatic carbocycles. The summed E-state index contributed by atoms with van der Waals surface area (Å²) in [6.45, 7) is 12.8. The predicted octanol–water partition coefficient (Wildman–Crippen LogP) is 4.52. The SMILES string of the molecule is CCCCCCCN(C(=O)C(C)NC(=O)OC(C)(C)C)C(C(=O)NCCC(=O)OCC)c1ccc(O)c(C)c1. The molecule has 0 bridgehead atoms. The Morgan fingerprint density at radius 1 is 1.05 bits per heavy atom. The van der Waals surface area contributed by atoms with Crippen molar-refractivity contribution in [2.75, 3.05) is 19.7 Å². The number of alkyl carbamates (subject to hydrolysis) is 1. The number of carbonyl (C=O) groups excluding carboxylic acids is 4. The van der Waals surface area contributed by atoms with Gasteiger partial charge in [0.15, 0.2) is 0 Å². The predicted molar refractivity (Wildman–Crippen MR) is 149 cm³/mol. The molecule has 0 saturated heterocycles. The molecule has 0 spiro atoms. The van der Waals surface area contributed by atoms with E-state index in [-0.39, 0.29) is 31.9 Å². The van der Waals surface area contributed by atoms with Gasteiger partial charge >= 0.3 is 12.1 Å². The Balaban J connectivity index is 3.31. The molecule has 0 aliphatic heterocycles. The summed E-state index contributed by atoms with van der Waals surface area (Å²) in [5, 5.41) is 15.4. The lowest BCUT2D eigenvalue weighted by atomic mass is 9.99. The molecular formula is C29H47N3O7. The number of nitrogens with zero attached hydrogens (tertiary/aromatic N) is 1. The van der Waals surface area contributed by atoms with Crippen molar-refractivity contribution in [1.82, 2.24) is 15.5 Å². The van der Waals surface area contributed by atoms with E-state index in [1.54, 1.807) is 53.7 Å². The van der Waals surface area contributed by atoms with Crippen molar-refractivity contribution < 1.29 is 33.8 Å². The summed E-state index contributed by atoms with van der Waals surface area (Å²) in [6, 6.07) is 2.72. The molecule has 0 aromatic heterocycles. The minimum atomic E-state index is -1.05. The van der Waals surface area contributed by atoms with Crippen molar-refractivity contribution in [2.24, 2.45) is 0 Å². The van der Waals surface area contributed by atoms with Crippen molar-refractivity contribution in [3.63, 3.8) is 0 Å². The molecule has 0 radical (unpaired) electrons. The first-order valence-corrected chi connectivity index (χ1v) is 13.8. The van der Waals surface area contributed by atoms with E-state index in [1.165, 1.54) is 11.0 Å². The largest absolute Gasteiger partial charge is 0.508 e. The zero-order valence-corrected chi connectivity index (χ0v) is 24.6. The van der Waals surface area contributed by atoms with Gasteiger partial charge in [0.25, 0.3) is 0 Å². The van der Waals surface area contributed by atoms with E-state index in [0.717, 1.165) is 25.7 Å². The van der Waals surface area contributed by atoms with Gasteiger partial charge in [-0.25, -0.2) is 4.79 Å². The first-order valence-electron chi connectivity index (χ1n) is 13.8. The van der Waals surface area contributed by atoms with E-state index >= 15 is 0 Å². The van der Waals surface area contributed by atoms with Crippen LogP contribution in [0.1, 0.15) is 97.2 Å². The standard InChI is InChI=1S/C29H47N3O7/c1-8-10-11-12-13-18-32(27(36)21(4)31-28(37)39-29(5,6)7)25(22-14-15-23(33)20(3)19-22)26(35)30-17-16-24(34)38-9-2/h14-15,19,21,25,33H,8-13,16-18H2,1-7H3,(H,30,35)(H,31,37). The van der Waals surface area contributed by atoms with Crippen LogP contribution in [0, 0.1) is 6.92 Å². The number of hydrogen-bond donors (Lipinski definition) is 3. The highest BCUT2D eigenvalue weighted by Gasteiger charge is 2.34. The molecule has 10 heteroatoms. The van der Waals surface area contributed by atoms with Crippen molar-refractivity contribution in [3.8, 4) is 5.75 Å². The Kier molecular flexibility index (Phi) is 14.4. The molecule has 3 amide bonds. The molecule has 2 unspecified atom stereocenters. The van der Waals surface area contributed by atoms with Crippen LogP contribution >= 0.6 is 0 Å². The molecule has 3 N–H and O–H groups in total. The second kappa shape index (κ2) is 16.6. The van der Waals surface area contributed by atoms with Gasteiger partial charge in [-0.3, -0.25) is 14.4 Å². The highest BCUT2D eigenvalue weighted by atomic mass is 16.6. The van der Waals surface area contributed by atoms with Crippen molar-refractivity contribution in [3.05, 3.63) is 29.3 Å². The second-order valence-corrected chi connectivity index (χ2v) is 10.6. The average molecular weight is 550 g/mol. The highest BCUT2D eigenvalue weighted by Crippen LogP contribution is 2.27. The van der Waals surface area contributed by atoms with Crippen LogP contribution in [-0.4, -0.2) is 65.2 Å². The third-order valence-electron chi connectivity index (χ3n) is 5.92. The fraction of sp³-hybridized carbons (Fsp3) is 0.655. The van der Waals surface area contributed by atoms with E-state index in [0.29, 0.717) is 17.5 Å². The Hall–Kier alpha value is -3.30. The zero-order valence-electron chi connectivity index (χ0n) is 24.6. The van der Waals surface area contributed by atoms with Gasteiger partial charge in [0, 0.05) is 13.1 Å². The number of unbranched alkanes of at least 4 members (excludes halogenated alkanes) is 4. The molecule has 0 heterocycles. The number of amides is 3. The molecule has 39 heavy (non-hydrogen) atoms. The van der Waals surface area contributed by atoms with E-state index in [4.69, 9.17) is 9.47 Å². The van der Waals surface area contributed by atoms with Gasteiger partial charge < -0.3 is 30.1 Å². The maximum absolute atomic E-state index is 13.8. The van der Waals surface area contributed by atoms with Crippen LogP contribution in [0.4, 0.5) is 4.79 Å². The number of phenolic OH excluding ortho intramolecular Hbond substituents is 1. The summed E-state index contributed by atoms with van der Waals surface area (Å²) in [7, 11) is 0. The van der Waals surface area contributed by atoms with E-state index in [2.05, 4.69) is 17.6 Å². The molecule has 2 atom stereocenters. The van der Waals surface area contributed by atoms with Crippen LogP contribution < -0.4 is 10.6 Å². The van der Waals surface area contributed by atoms with Gasteiger partial charge in [-0.15, -0.1) is 0 Å². The van der Waals surface area contributed by atoms with E-state index in [9.17, 15) is 24.3 Å². The Morgan fingerprint density at radius 2 is 1.72 bits per heavy atom. The number of esters is 1. The van der Waals surface area contributed by atoms with Gasteiger partial charge in [0.2, 0.25) is 11.8 Å². The lowest BCUT2D eigenvalue weighted by Gasteiger charge is -2.34. The lowest BCUT2D eigenvalue weighted by molar-refractivity contribution is -0.144. The number of aromatic hydroxyl groups is 1. The van der Waals surface area contributed by atoms with Gasteiger partial charge in [0.05, 0.1) is 13.0 Å². The van der Waals surface area contributed by atoms with E-state index < -0.39 is 41.6 Å². The van der Waals surface area contributed by atoms with Crippen LogP contribution in [0.5, 0.6) is 5.75 Å². The number of ether oxygens (including phenoxy) is 2.